The molecule has 1 heterocycles. The van der Waals surface area contributed by atoms with Crippen LogP contribution < -0.4 is 5.32 Å². The molecule has 1 unspecified atom stereocenters. The van der Waals surface area contributed by atoms with Gasteiger partial charge in [-0.2, -0.15) is 0 Å². The molecular weight excluding hydrogens is 234 g/mol. The maximum absolute atomic E-state index is 3.60. The molecule has 1 aliphatic heterocycles. The number of hydrogen-bond acceptors (Lipinski definition) is 3. The van der Waals surface area contributed by atoms with Crippen LogP contribution in [0.4, 0.5) is 0 Å². The average Bonchev–Trinajstić information content (AvgIpc) is 2.36. The second-order valence-corrected chi connectivity index (χ2v) is 5.91. The van der Waals surface area contributed by atoms with Crippen molar-refractivity contribution in [1.29, 1.82) is 0 Å². The van der Waals surface area contributed by atoms with Gasteiger partial charge in [0.2, 0.25) is 0 Å². The highest BCUT2D eigenvalue weighted by atomic mass is 15.2. The highest BCUT2D eigenvalue weighted by molar-refractivity contribution is 5.22. The molecule has 1 aliphatic rings. The van der Waals surface area contributed by atoms with E-state index in [-0.39, 0.29) is 0 Å². The van der Waals surface area contributed by atoms with E-state index in [4.69, 9.17) is 0 Å². The third-order valence-electron chi connectivity index (χ3n) is 3.86. The molecule has 3 heteroatoms. The molecule has 2 rings (SSSR count). The topological polar surface area (TPSA) is 18.5 Å². The van der Waals surface area contributed by atoms with E-state index in [9.17, 15) is 0 Å². The minimum absolute atomic E-state index is 0.612. The van der Waals surface area contributed by atoms with Crippen LogP contribution in [0.2, 0.25) is 0 Å². The van der Waals surface area contributed by atoms with Crippen molar-refractivity contribution in [1.82, 2.24) is 15.1 Å². The highest BCUT2D eigenvalue weighted by Crippen LogP contribution is 2.06. The summed E-state index contributed by atoms with van der Waals surface area (Å²) in [6, 6.07) is 9.45. The van der Waals surface area contributed by atoms with Crippen LogP contribution in [0.1, 0.15) is 11.1 Å². The van der Waals surface area contributed by atoms with E-state index in [1.165, 1.54) is 17.7 Å². The third-order valence-corrected chi connectivity index (χ3v) is 3.86. The molecule has 1 N–H and O–H groups in total. The fourth-order valence-corrected chi connectivity index (χ4v) is 2.77. The van der Waals surface area contributed by atoms with Crippen LogP contribution in [0.15, 0.2) is 24.3 Å². The Morgan fingerprint density at radius 3 is 3.00 bits per heavy atom. The Bertz CT molecular complexity index is 391. The number of hydrogen-bond donors (Lipinski definition) is 1. The van der Waals surface area contributed by atoms with Gasteiger partial charge in [0, 0.05) is 38.8 Å². The Kier molecular flexibility index (Phi) is 5.37. The number of benzene rings is 1. The maximum Gasteiger partial charge on any atom is 0.0322 e. The largest absolute Gasteiger partial charge is 0.310 e. The Morgan fingerprint density at radius 1 is 1.42 bits per heavy atom. The van der Waals surface area contributed by atoms with E-state index in [0.717, 1.165) is 32.6 Å². The van der Waals surface area contributed by atoms with Crippen LogP contribution in [0.25, 0.3) is 0 Å². The van der Waals surface area contributed by atoms with Crippen LogP contribution in [0.5, 0.6) is 0 Å². The zero-order valence-corrected chi connectivity index (χ0v) is 12.5. The SMILES string of the molecule is Cc1cccc(CCN(C)CC2CN(C)CCN2)c1. The van der Waals surface area contributed by atoms with Crippen molar-refractivity contribution in [2.24, 2.45) is 0 Å². The van der Waals surface area contributed by atoms with E-state index < -0.39 is 0 Å². The minimum Gasteiger partial charge on any atom is -0.310 e. The van der Waals surface area contributed by atoms with Gasteiger partial charge in [0.05, 0.1) is 0 Å². The van der Waals surface area contributed by atoms with Gasteiger partial charge in [-0.15, -0.1) is 0 Å². The molecule has 106 valence electrons. The summed E-state index contributed by atoms with van der Waals surface area (Å²) in [7, 11) is 4.44. The van der Waals surface area contributed by atoms with Gasteiger partial charge in [-0.3, -0.25) is 0 Å². The molecule has 1 atom stereocenters. The van der Waals surface area contributed by atoms with E-state index in [1.807, 2.05) is 0 Å². The first-order valence-corrected chi connectivity index (χ1v) is 7.29. The van der Waals surface area contributed by atoms with E-state index in [1.54, 1.807) is 0 Å². The monoisotopic (exact) mass is 261 g/mol. The zero-order chi connectivity index (χ0) is 13.7. The summed E-state index contributed by atoms with van der Waals surface area (Å²) in [6.07, 6.45) is 1.14. The fraction of sp³-hybridized carbons (Fsp3) is 0.625. The van der Waals surface area contributed by atoms with Gasteiger partial charge in [0.15, 0.2) is 0 Å². The molecule has 1 saturated heterocycles. The molecule has 1 aromatic carbocycles. The Hall–Kier alpha value is -0.900. The van der Waals surface area contributed by atoms with Crippen LogP contribution in [-0.2, 0) is 6.42 Å². The number of piperazine rings is 1. The molecule has 19 heavy (non-hydrogen) atoms. The molecule has 1 fully saturated rings. The number of nitrogens with zero attached hydrogens (tertiary/aromatic N) is 2. The highest BCUT2D eigenvalue weighted by Gasteiger charge is 2.17. The van der Waals surface area contributed by atoms with Gasteiger partial charge in [0.1, 0.15) is 0 Å². The minimum atomic E-state index is 0.612. The molecule has 0 amide bonds. The summed E-state index contributed by atoms with van der Waals surface area (Å²) < 4.78 is 0. The molecule has 0 bridgehead atoms. The maximum atomic E-state index is 3.60. The first-order chi connectivity index (χ1) is 9.13. The van der Waals surface area contributed by atoms with E-state index in [0.29, 0.717) is 6.04 Å². The molecule has 0 aromatic heterocycles. The lowest BCUT2D eigenvalue weighted by Gasteiger charge is -2.33. The predicted octanol–water partition coefficient (Wildman–Crippen LogP) is 1.37. The lowest BCUT2D eigenvalue weighted by Crippen LogP contribution is -2.53. The van der Waals surface area contributed by atoms with Gasteiger partial charge in [0.25, 0.3) is 0 Å². The molecule has 3 nitrogen and oxygen atoms in total. The van der Waals surface area contributed by atoms with Gasteiger partial charge in [-0.05, 0) is 33.0 Å². The summed E-state index contributed by atoms with van der Waals surface area (Å²) in [6.45, 7) is 7.88. The molecule has 0 aliphatic carbocycles. The third kappa shape index (κ3) is 4.94. The Morgan fingerprint density at radius 2 is 2.26 bits per heavy atom. The summed E-state index contributed by atoms with van der Waals surface area (Å²) in [4.78, 5) is 4.86. The smallest absolute Gasteiger partial charge is 0.0322 e. The number of likely N-dealkylation sites (N-methyl/N-ethyl adjacent to an activating group) is 2. The van der Waals surface area contributed by atoms with Crippen molar-refractivity contribution >= 4 is 0 Å². The molecule has 0 spiro atoms. The van der Waals surface area contributed by atoms with Crippen molar-refractivity contribution in [3.63, 3.8) is 0 Å². The van der Waals surface area contributed by atoms with Gasteiger partial charge in [-0.1, -0.05) is 29.8 Å². The number of rotatable bonds is 5. The van der Waals surface area contributed by atoms with Crippen molar-refractivity contribution in [3.8, 4) is 0 Å². The first kappa shape index (κ1) is 14.5. The lowest BCUT2D eigenvalue weighted by molar-refractivity contribution is 0.196. The molecule has 0 saturated carbocycles. The fourth-order valence-electron chi connectivity index (χ4n) is 2.77. The summed E-state index contributed by atoms with van der Waals surface area (Å²) in [5.41, 5.74) is 2.80. The standard InChI is InChI=1S/C16H27N3/c1-14-5-4-6-15(11-14)7-9-18(2)12-16-13-19(3)10-8-17-16/h4-6,11,16-17H,7-10,12-13H2,1-3H3. The molecule has 0 radical (unpaired) electrons. The van der Waals surface area contributed by atoms with Crippen molar-refractivity contribution < 1.29 is 0 Å². The van der Waals surface area contributed by atoms with Crippen LogP contribution in [0, 0.1) is 6.92 Å². The van der Waals surface area contributed by atoms with Crippen LogP contribution in [-0.4, -0.2) is 62.7 Å². The lowest BCUT2D eigenvalue weighted by atomic mass is 10.1. The summed E-state index contributed by atoms with van der Waals surface area (Å²) in [5, 5.41) is 3.60. The zero-order valence-electron chi connectivity index (χ0n) is 12.5. The van der Waals surface area contributed by atoms with E-state index in [2.05, 4.69) is 60.4 Å². The Labute approximate surface area is 117 Å². The first-order valence-electron chi connectivity index (χ1n) is 7.29. The summed E-state index contributed by atoms with van der Waals surface area (Å²) >= 11 is 0. The second-order valence-electron chi connectivity index (χ2n) is 5.91. The Balaban J connectivity index is 1.73. The molecule has 1 aromatic rings. The number of nitrogens with one attached hydrogen (secondary N) is 1. The van der Waals surface area contributed by atoms with Gasteiger partial charge < -0.3 is 15.1 Å². The molecular formula is C16H27N3. The van der Waals surface area contributed by atoms with Crippen molar-refractivity contribution in [3.05, 3.63) is 35.4 Å². The number of aryl methyl sites for hydroxylation is 1. The van der Waals surface area contributed by atoms with Crippen LogP contribution >= 0.6 is 0 Å². The second kappa shape index (κ2) is 7.04. The van der Waals surface area contributed by atoms with Crippen molar-refractivity contribution in [2.45, 2.75) is 19.4 Å². The quantitative estimate of drug-likeness (QED) is 0.864. The predicted molar refractivity (Wildman–Crippen MR) is 81.7 cm³/mol. The van der Waals surface area contributed by atoms with Gasteiger partial charge in [-0.25, -0.2) is 0 Å². The normalized spacial score (nSPS) is 20.9. The van der Waals surface area contributed by atoms with Gasteiger partial charge >= 0.3 is 0 Å². The van der Waals surface area contributed by atoms with Crippen LogP contribution in [0.3, 0.4) is 0 Å². The summed E-state index contributed by atoms with van der Waals surface area (Å²) in [5.74, 6) is 0. The van der Waals surface area contributed by atoms with E-state index >= 15 is 0 Å². The van der Waals surface area contributed by atoms with Crippen molar-refractivity contribution in [2.75, 3.05) is 46.8 Å². The average molecular weight is 261 g/mol.